The van der Waals surface area contributed by atoms with Crippen LogP contribution in [0.15, 0.2) is 6.20 Å². The van der Waals surface area contributed by atoms with E-state index in [4.69, 9.17) is 10.8 Å². The Morgan fingerprint density at radius 1 is 1.42 bits per heavy atom. The van der Waals surface area contributed by atoms with Crippen LogP contribution in [0.25, 0.3) is 0 Å². The summed E-state index contributed by atoms with van der Waals surface area (Å²) in [6.45, 7) is 4.41. The Labute approximate surface area is 111 Å². The third kappa shape index (κ3) is 2.94. The largest absolute Gasteiger partial charge is 0.476 e. The first-order valence-electron chi connectivity index (χ1n) is 6.02. The maximum Gasteiger partial charge on any atom is 0.376 e. The fourth-order valence-electron chi connectivity index (χ4n) is 2.02. The predicted octanol–water partition coefficient (Wildman–Crippen LogP) is -1.01. The van der Waals surface area contributed by atoms with E-state index in [1.165, 1.54) is 6.20 Å². The minimum absolute atomic E-state index is 0.0844. The van der Waals surface area contributed by atoms with Crippen molar-refractivity contribution in [3.05, 3.63) is 11.9 Å². The SMILES string of the molecule is CB(O)N1CCN(c2cnc(N)c(C(=O)O)n2)CC1. The summed E-state index contributed by atoms with van der Waals surface area (Å²) < 4.78 is 0. The molecule has 0 spiro atoms. The van der Waals surface area contributed by atoms with Crippen molar-refractivity contribution in [1.29, 1.82) is 0 Å². The van der Waals surface area contributed by atoms with Crippen molar-refractivity contribution in [3.63, 3.8) is 0 Å². The number of anilines is 2. The van der Waals surface area contributed by atoms with E-state index in [-0.39, 0.29) is 11.5 Å². The summed E-state index contributed by atoms with van der Waals surface area (Å²) in [6.07, 6.45) is 1.47. The smallest absolute Gasteiger partial charge is 0.376 e. The highest BCUT2D eigenvalue weighted by Gasteiger charge is 2.24. The van der Waals surface area contributed by atoms with Gasteiger partial charge in [0.15, 0.2) is 11.5 Å². The molecule has 1 saturated heterocycles. The summed E-state index contributed by atoms with van der Waals surface area (Å²) >= 11 is 0. The Balaban J connectivity index is 2.12. The standard InChI is InChI=1S/C10H16BN5O3/c1-11(19)16-4-2-15(3-5-16)7-6-13-9(12)8(14-7)10(17)18/h6,19H,2-5H2,1H3,(H2,12,13)(H,17,18). The Hall–Kier alpha value is -1.87. The van der Waals surface area contributed by atoms with Crippen molar-refractivity contribution in [2.45, 2.75) is 6.82 Å². The first-order valence-corrected chi connectivity index (χ1v) is 6.02. The fourth-order valence-corrected chi connectivity index (χ4v) is 2.02. The van der Waals surface area contributed by atoms with E-state index in [0.29, 0.717) is 32.0 Å². The van der Waals surface area contributed by atoms with Gasteiger partial charge in [-0.05, 0) is 6.82 Å². The van der Waals surface area contributed by atoms with Crippen molar-refractivity contribution in [1.82, 2.24) is 14.8 Å². The minimum Gasteiger partial charge on any atom is -0.476 e. The van der Waals surface area contributed by atoms with Gasteiger partial charge in [0, 0.05) is 26.2 Å². The Morgan fingerprint density at radius 2 is 2.05 bits per heavy atom. The topological polar surface area (TPSA) is 116 Å². The number of rotatable bonds is 3. The van der Waals surface area contributed by atoms with Crippen LogP contribution in [0.4, 0.5) is 11.6 Å². The van der Waals surface area contributed by atoms with Crippen molar-refractivity contribution in [2.24, 2.45) is 0 Å². The summed E-state index contributed by atoms with van der Waals surface area (Å²) in [6, 6.07) is 0. The molecule has 1 aliphatic rings. The fraction of sp³-hybridized carbons (Fsp3) is 0.500. The maximum absolute atomic E-state index is 11.0. The minimum atomic E-state index is -1.19. The molecule has 0 radical (unpaired) electrons. The van der Waals surface area contributed by atoms with Crippen molar-refractivity contribution >= 4 is 24.7 Å². The van der Waals surface area contributed by atoms with Crippen molar-refractivity contribution < 1.29 is 14.9 Å². The van der Waals surface area contributed by atoms with Gasteiger partial charge >= 0.3 is 13.0 Å². The van der Waals surface area contributed by atoms with Gasteiger partial charge in [-0.1, -0.05) is 0 Å². The van der Waals surface area contributed by atoms with E-state index in [1.807, 2.05) is 9.71 Å². The van der Waals surface area contributed by atoms with Crippen LogP contribution in [-0.2, 0) is 0 Å². The zero-order valence-corrected chi connectivity index (χ0v) is 10.7. The number of nitrogens with two attached hydrogens (primary N) is 1. The number of hydrogen-bond acceptors (Lipinski definition) is 7. The number of aromatic nitrogens is 2. The lowest BCUT2D eigenvalue weighted by Crippen LogP contribution is -2.51. The molecular weight excluding hydrogens is 249 g/mol. The molecule has 2 heterocycles. The summed E-state index contributed by atoms with van der Waals surface area (Å²) in [4.78, 5) is 22.7. The van der Waals surface area contributed by atoms with Crippen LogP contribution in [0.3, 0.4) is 0 Å². The number of piperazine rings is 1. The van der Waals surface area contributed by atoms with Gasteiger partial charge in [-0.25, -0.2) is 14.8 Å². The van der Waals surface area contributed by atoms with Gasteiger partial charge < -0.3 is 25.6 Å². The van der Waals surface area contributed by atoms with Crippen LogP contribution >= 0.6 is 0 Å². The zero-order chi connectivity index (χ0) is 14.0. The van der Waals surface area contributed by atoms with Gasteiger partial charge in [0.2, 0.25) is 0 Å². The van der Waals surface area contributed by atoms with Gasteiger partial charge in [-0.2, -0.15) is 0 Å². The molecule has 1 aromatic heterocycles. The highest BCUT2D eigenvalue weighted by Crippen LogP contribution is 2.16. The summed E-state index contributed by atoms with van der Waals surface area (Å²) in [7, 11) is -0.478. The van der Waals surface area contributed by atoms with Crippen LogP contribution in [0.1, 0.15) is 10.5 Å². The second-order valence-corrected chi connectivity index (χ2v) is 4.42. The van der Waals surface area contributed by atoms with Crippen LogP contribution in [0, 0.1) is 0 Å². The lowest BCUT2D eigenvalue weighted by Gasteiger charge is -2.35. The molecule has 0 unspecified atom stereocenters. The van der Waals surface area contributed by atoms with E-state index in [0.717, 1.165) is 0 Å². The molecule has 9 heteroatoms. The number of hydrogen-bond donors (Lipinski definition) is 3. The van der Waals surface area contributed by atoms with E-state index in [9.17, 15) is 9.82 Å². The monoisotopic (exact) mass is 265 g/mol. The molecule has 1 aliphatic heterocycles. The number of nitrogen functional groups attached to an aromatic ring is 1. The van der Waals surface area contributed by atoms with Gasteiger partial charge in [-0.15, -0.1) is 0 Å². The molecule has 0 bridgehead atoms. The molecule has 4 N–H and O–H groups in total. The second kappa shape index (κ2) is 5.41. The number of nitrogens with zero attached hydrogens (tertiary/aromatic N) is 4. The average Bonchev–Trinajstić information content (AvgIpc) is 2.39. The summed E-state index contributed by atoms with van der Waals surface area (Å²) in [5.41, 5.74) is 5.24. The summed E-state index contributed by atoms with van der Waals surface area (Å²) in [5.74, 6) is -0.773. The molecule has 0 amide bonds. The lowest BCUT2D eigenvalue weighted by atomic mass is 9.84. The van der Waals surface area contributed by atoms with Gasteiger partial charge in [0.1, 0.15) is 5.82 Å². The van der Waals surface area contributed by atoms with Crippen LogP contribution < -0.4 is 10.6 Å². The Morgan fingerprint density at radius 3 is 2.58 bits per heavy atom. The second-order valence-electron chi connectivity index (χ2n) is 4.42. The third-order valence-electron chi connectivity index (χ3n) is 3.16. The Bertz CT molecular complexity index is 476. The van der Waals surface area contributed by atoms with Gasteiger partial charge in [0.25, 0.3) is 0 Å². The average molecular weight is 265 g/mol. The number of carbonyl (C=O) groups is 1. The van der Waals surface area contributed by atoms with Crippen molar-refractivity contribution in [2.75, 3.05) is 36.8 Å². The first-order chi connectivity index (χ1) is 8.99. The molecular formula is C10H16BN5O3. The predicted molar refractivity (Wildman–Crippen MR) is 71.0 cm³/mol. The molecule has 102 valence electrons. The van der Waals surface area contributed by atoms with E-state index in [2.05, 4.69) is 9.97 Å². The number of carboxylic acids is 1. The molecule has 1 fully saturated rings. The molecule has 8 nitrogen and oxygen atoms in total. The number of aromatic carboxylic acids is 1. The lowest BCUT2D eigenvalue weighted by molar-refractivity contribution is 0.0691. The molecule has 0 aliphatic carbocycles. The maximum atomic E-state index is 11.0. The zero-order valence-electron chi connectivity index (χ0n) is 10.7. The van der Waals surface area contributed by atoms with E-state index in [1.54, 1.807) is 6.82 Å². The van der Waals surface area contributed by atoms with E-state index >= 15 is 0 Å². The number of carboxylic acid groups (broad SMARTS) is 1. The molecule has 0 atom stereocenters. The normalized spacial score (nSPS) is 16.4. The molecule has 19 heavy (non-hydrogen) atoms. The Kier molecular flexibility index (Phi) is 3.86. The van der Waals surface area contributed by atoms with Crippen LogP contribution in [0.2, 0.25) is 6.82 Å². The molecule has 0 aromatic carbocycles. The van der Waals surface area contributed by atoms with Crippen molar-refractivity contribution in [3.8, 4) is 0 Å². The van der Waals surface area contributed by atoms with Gasteiger partial charge in [0.05, 0.1) is 6.20 Å². The van der Waals surface area contributed by atoms with Crippen LogP contribution in [-0.4, -0.2) is 64.1 Å². The molecule has 1 aromatic rings. The van der Waals surface area contributed by atoms with E-state index < -0.39 is 13.0 Å². The highest BCUT2D eigenvalue weighted by atomic mass is 16.4. The summed E-state index contributed by atoms with van der Waals surface area (Å²) in [5, 5.41) is 18.4. The highest BCUT2D eigenvalue weighted by molar-refractivity contribution is 6.45. The third-order valence-corrected chi connectivity index (χ3v) is 3.16. The first kappa shape index (κ1) is 13.6. The van der Waals surface area contributed by atoms with Crippen LogP contribution in [0.5, 0.6) is 0 Å². The van der Waals surface area contributed by atoms with Gasteiger partial charge in [-0.3, -0.25) is 0 Å². The molecule has 0 saturated carbocycles. The quantitative estimate of drug-likeness (QED) is 0.595. The molecule has 2 rings (SSSR count).